The molecule has 3 aliphatic carbocycles. The van der Waals surface area contributed by atoms with Crippen LogP contribution in [0.3, 0.4) is 0 Å². The zero-order valence-electron chi connectivity index (χ0n) is 8.22. The van der Waals surface area contributed by atoms with E-state index >= 15 is 0 Å². The molecule has 3 aliphatic rings. The minimum Gasteiger partial charge on any atom is -0.299 e. The molecule has 0 aromatic heterocycles. The highest BCUT2D eigenvalue weighted by molar-refractivity contribution is 5.88. The molecular weight excluding hydrogens is 160 g/mol. The summed E-state index contributed by atoms with van der Waals surface area (Å²) in [6.07, 6.45) is 10.2. The minimum absolute atomic E-state index is 0.209. The molecule has 0 amide bonds. The Morgan fingerprint density at radius 3 is 3.00 bits per heavy atom. The Balaban J connectivity index is 1.97. The van der Waals surface area contributed by atoms with E-state index in [0.29, 0.717) is 5.78 Å². The van der Waals surface area contributed by atoms with Gasteiger partial charge in [0.05, 0.1) is 0 Å². The number of hydrogen-bond acceptors (Lipinski definition) is 1. The first-order chi connectivity index (χ1) is 6.31. The summed E-state index contributed by atoms with van der Waals surface area (Å²) in [5.74, 6) is 2.20. The van der Waals surface area contributed by atoms with Crippen molar-refractivity contribution in [2.24, 2.45) is 17.3 Å². The van der Waals surface area contributed by atoms with Crippen molar-refractivity contribution < 1.29 is 4.79 Å². The Hall–Kier alpha value is -0.330. The fourth-order valence-corrected chi connectivity index (χ4v) is 4.18. The normalized spacial score (nSPS) is 49.1. The van der Waals surface area contributed by atoms with Gasteiger partial charge in [-0.05, 0) is 43.9 Å². The average molecular weight is 178 g/mol. The molecule has 0 aromatic rings. The van der Waals surface area contributed by atoms with Gasteiger partial charge in [-0.25, -0.2) is 0 Å². The average Bonchev–Trinajstić information content (AvgIpc) is 2.38. The van der Waals surface area contributed by atoms with Crippen molar-refractivity contribution in [1.29, 1.82) is 0 Å². The van der Waals surface area contributed by atoms with Crippen LogP contribution in [0.2, 0.25) is 0 Å². The van der Waals surface area contributed by atoms with Crippen LogP contribution >= 0.6 is 0 Å². The molecule has 3 atom stereocenters. The standard InChI is InChI=1S/C12H18O/c13-11-7-9-4-5-10-3-1-2-6-12(10,11)8-9/h9-10H,1-8H2/t9?,10-,12+/m0/s1. The second kappa shape index (κ2) is 2.59. The van der Waals surface area contributed by atoms with Gasteiger partial charge in [0.15, 0.2) is 0 Å². The highest BCUT2D eigenvalue weighted by atomic mass is 16.1. The molecular formula is C12H18O. The van der Waals surface area contributed by atoms with Crippen LogP contribution in [-0.4, -0.2) is 5.78 Å². The molecule has 3 saturated carbocycles. The molecule has 0 heterocycles. The van der Waals surface area contributed by atoms with Crippen molar-refractivity contribution in [1.82, 2.24) is 0 Å². The first-order valence-corrected chi connectivity index (χ1v) is 5.84. The molecule has 72 valence electrons. The van der Waals surface area contributed by atoms with Crippen LogP contribution in [0.5, 0.6) is 0 Å². The van der Waals surface area contributed by atoms with Crippen molar-refractivity contribution in [3.05, 3.63) is 0 Å². The zero-order valence-corrected chi connectivity index (χ0v) is 8.22. The van der Waals surface area contributed by atoms with Crippen LogP contribution in [0.25, 0.3) is 0 Å². The minimum atomic E-state index is 0.209. The summed E-state index contributed by atoms with van der Waals surface area (Å²) >= 11 is 0. The SMILES string of the molecule is O=C1CC2CC[C@@H]3CCCC[C@]13C2. The topological polar surface area (TPSA) is 17.1 Å². The van der Waals surface area contributed by atoms with E-state index in [2.05, 4.69) is 0 Å². The van der Waals surface area contributed by atoms with Crippen molar-refractivity contribution in [3.63, 3.8) is 0 Å². The molecule has 0 radical (unpaired) electrons. The summed E-state index contributed by atoms with van der Waals surface area (Å²) in [5.41, 5.74) is 0.209. The molecule has 0 saturated heterocycles. The van der Waals surface area contributed by atoms with Gasteiger partial charge in [-0.3, -0.25) is 4.79 Å². The molecule has 3 rings (SSSR count). The van der Waals surface area contributed by atoms with Crippen LogP contribution in [0.1, 0.15) is 51.4 Å². The molecule has 1 unspecified atom stereocenters. The summed E-state index contributed by atoms with van der Waals surface area (Å²) in [5, 5.41) is 0. The first kappa shape index (κ1) is 8.02. The molecule has 0 aliphatic heterocycles. The lowest BCUT2D eigenvalue weighted by molar-refractivity contribution is -0.130. The maximum absolute atomic E-state index is 12.0. The number of Topliss-reactive ketones (excluding diaryl/α,β-unsaturated/α-hetero) is 1. The number of ketones is 1. The van der Waals surface area contributed by atoms with E-state index in [1.807, 2.05) is 0 Å². The molecule has 1 nitrogen and oxygen atoms in total. The van der Waals surface area contributed by atoms with Crippen molar-refractivity contribution in [2.45, 2.75) is 51.4 Å². The van der Waals surface area contributed by atoms with Crippen LogP contribution < -0.4 is 0 Å². The molecule has 1 heteroatoms. The molecule has 1 spiro atoms. The fourth-order valence-electron chi connectivity index (χ4n) is 4.18. The Bertz CT molecular complexity index is 246. The second-order valence-corrected chi connectivity index (χ2v) is 5.37. The van der Waals surface area contributed by atoms with Crippen LogP contribution in [0.15, 0.2) is 0 Å². The molecule has 2 bridgehead atoms. The fraction of sp³-hybridized carbons (Fsp3) is 0.917. The monoisotopic (exact) mass is 178 g/mol. The van der Waals surface area contributed by atoms with E-state index in [-0.39, 0.29) is 5.41 Å². The summed E-state index contributed by atoms with van der Waals surface area (Å²) in [6, 6.07) is 0. The lowest BCUT2D eigenvalue weighted by atomic mass is 9.60. The van der Waals surface area contributed by atoms with Gasteiger partial charge in [0.25, 0.3) is 0 Å². The Morgan fingerprint density at radius 2 is 2.08 bits per heavy atom. The molecule has 3 fully saturated rings. The zero-order chi connectivity index (χ0) is 8.89. The van der Waals surface area contributed by atoms with Gasteiger partial charge in [-0.1, -0.05) is 12.8 Å². The van der Waals surface area contributed by atoms with Crippen molar-refractivity contribution in [3.8, 4) is 0 Å². The van der Waals surface area contributed by atoms with E-state index in [4.69, 9.17) is 0 Å². The number of rotatable bonds is 0. The molecule has 0 N–H and O–H groups in total. The van der Waals surface area contributed by atoms with Gasteiger partial charge in [0, 0.05) is 11.8 Å². The predicted molar refractivity (Wildman–Crippen MR) is 51.4 cm³/mol. The highest BCUT2D eigenvalue weighted by Gasteiger charge is 2.54. The van der Waals surface area contributed by atoms with E-state index in [0.717, 1.165) is 18.3 Å². The van der Waals surface area contributed by atoms with Crippen molar-refractivity contribution in [2.75, 3.05) is 0 Å². The summed E-state index contributed by atoms with van der Waals surface area (Å²) in [4.78, 5) is 12.0. The number of carbonyl (C=O) groups excluding carboxylic acids is 1. The van der Waals surface area contributed by atoms with Gasteiger partial charge in [0.2, 0.25) is 0 Å². The van der Waals surface area contributed by atoms with Gasteiger partial charge in [-0.15, -0.1) is 0 Å². The summed E-state index contributed by atoms with van der Waals surface area (Å²) < 4.78 is 0. The van der Waals surface area contributed by atoms with E-state index in [9.17, 15) is 4.79 Å². The number of hydrogen-bond donors (Lipinski definition) is 0. The third kappa shape index (κ3) is 0.963. The predicted octanol–water partition coefficient (Wildman–Crippen LogP) is 2.94. The van der Waals surface area contributed by atoms with Gasteiger partial charge >= 0.3 is 0 Å². The summed E-state index contributed by atoms with van der Waals surface area (Å²) in [6.45, 7) is 0. The van der Waals surface area contributed by atoms with Gasteiger partial charge in [0.1, 0.15) is 5.78 Å². The maximum atomic E-state index is 12.0. The van der Waals surface area contributed by atoms with Crippen molar-refractivity contribution >= 4 is 5.78 Å². The highest BCUT2D eigenvalue weighted by Crippen LogP contribution is 2.58. The molecule has 0 aromatic carbocycles. The third-order valence-corrected chi connectivity index (χ3v) is 4.81. The second-order valence-electron chi connectivity index (χ2n) is 5.37. The number of carbonyl (C=O) groups is 1. The third-order valence-electron chi connectivity index (χ3n) is 4.81. The van der Waals surface area contributed by atoms with E-state index < -0.39 is 0 Å². The Labute approximate surface area is 79.9 Å². The maximum Gasteiger partial charge on any atom is 0.139 e. The Morgan fingerprint density at radius 1 is 1.15 bits per heavy atom. The smallest absolute Gasteiger partial charge is 0.139 e. The lowest BCUT2D eigenvalue weighted by Crippen LogP contribution is -2.39. The largest absolute Gasteiger partial charge is 0.299 e. The van der Waals surface area contributed by atoms with Crippen LogP contribution in [0, 0.1) is 17.3 Å². The Kier molecular flexibility index (Phi) is 1.59. The summed E-state index contributed by atoms with van der Waals surface area (Å²) in [7, 11) is 0. The van der Waals surface area contributed by atoms with Crippen LogP contribution in [0.4, 0.5) is 0 Å². The quantitative estimate of drug-likeness (QED) is 0.557. The van der Waals surface area contributed by atoms with E-state index in [1.165, 1.54) is 44.9 Å². The van der Waals surface area contributed by atoms with Crippen LogP contribution in [-0.2, 0) is 4.79 Å². The molecule has 13 heavy (non-hydrogen) atoms. The van der Waals surface area contributed by atoms with E-state index in [1.54, 1.807) is 0 Å². The van der Waals surface area contributed by atoms with Gasteiger partial charge < -0.3 is 0 Å². The first-order valence-electron chi connectivity index (χ1n) is 5.84. The number of fused-ring (bicyclic) bond motifs is 1. The lowest BCUT2D eigenvalue weighted by Gasteiger charge is -2.43. The van der Waals surface area contributed by atoms with Gasteiger partial charge in [-0.2, -0.15) is 0 Å².